The number of hydrogen-bond donors (Lipinski definition) is 1. The van der Waals surface area contributed by atoms with E-state index in [-0.39, 0.29) is 0 Å². The Kier molecular flexibility index (Phi) is 4.40. The van der Waals surface area contributed by atoms with E-state index >= 15 is 0 Å². The molecule has 0 heterocycles. The Bertz CT molecular complexity index is 65.0. The van der Waals surface area contributed by atoms with Gasteiger partial charge in [-0.15, -0.1) is 0 Å². The molecule has 0 radical (unpaired) electrons. The monoisotopic (exact) mass is 100 g/mol. The summed E-state index contributed by atoms with van der Waals surface area (Å²) in [6, 6.07) is 0. The van der Waals surface area contributed by atoms with Crippen LogP contribution >= 0.6 is 0 Å². The van der Waals surface area contributed by atoms with E-state index in [1.165, 1.54) is 0 Å². The fourth-order valence-corrected chi connectivity index (χ4v) is 0.128. The number of nitrogens with one attached hydrogen (secondary N) is 1. The SMILES string of the molecule is C/C=N\NN=NC. The minimum Gasteiger partial charge on any atom is -0.180 e. The molecule has 0 aromatic rings. The summed E-state index contributed by atoms with van der Waals surface area (Å²) in [5, 5.41) is 10.2. The van der Waals surface area contributed by atoms with Gasteiger partial charge in [-0.3, -0.25) is 0 Å². The molecule has 0 bridgehead atoms. The third kappa shape index (κ3) is 5.07. The van der Waals surface area contributed by atoms with E-state index in [0.717, 1.165) is 0 Å². The summed E-state index contributed by atoms with van der Waals surface area (Å²) in [6.07, 6.45) is 1.59. The third-order valence-corrected chi connectivity index (χ3v) is 0.332. The van der Waals surface area contributed by atoms with Crippen LogP contribution in [0.3, 0.4) is 0 Å². The van der Waals surface area contributed by atoms with E-state index in [4.69, 9.17) is 0 Å². The molecule has 0 fully saturated rings. The lowest BCUT2D eigenvalue weighted by atomic mass is 10.9. The smallest absolute Gasteiger partial charge is 0.0509 e. The van der Waals surface area contributed by atoms with Gasteiger partial charge in [-0.05, 0) is 6.92 Å². The van der Waals surface area contributed by atoms with Crippen molar-refractivity contribution in [3.8, 4) is 0 Å². The summed E-state index contributed by atoms with van der Waals surface area (Å²) in [5.41, 5.74) is 2.31. The van der Waals surface area contributed by atoms with Gasteiger partial charge in [0.2, 0.25) is 0 Å². The molecular weight excluding hydrogens is 92.1 g/mol. The molecule has 0 saturated carbocycles. The van der Waals surface area contributed by atoms with Crippen molar-refractivity contribution in [3.63, 3.8) is 0 Å². The van der Waals surface area contributed by atoms with Gasteiger partial charge in [0, 0.05) is 6.21 Å². The standard InChI is InChI=1S/C3H8N4/c1-3-5-7-6-4-2/h3H,1-2H3,(H,4,7)/b5-3-. The van der Waals surface area contributed by atoms with Crippen LogP contribution in [0.25, 0.3) is 0 Å². The average molecular weight is 100 g/mol. The first-order valence-electron chi connectivity index (χ1n) is 1.93. The maximum atomic E-state index is 3.53. The minimum atomic E-state index is 1.57. The topological polar surface area (TPSA) is 49.1 Å². The van der Waals surface area contributed by atoms with Gasteiger partial charge in [0.1, 0.15) is 0 Å². The lowest BCUT2D eigenvalue weighted by molar-refractivity contribution is 0.741. The van der Waals surface area contributed by atoms with Crippen molar-refractivity contribution in [3.05, 3.63) is 0 Å². The molecule has 0 aliphatic rings. The van der Waals surface area contributed by atoms with E-state index in [2.05, 4.69) is 21.0 Å². The van der Waals surface area contributed by atoms with Crippen LogP contribution < -0.4 is 5.53 Å². The molecule has 7 heavy (non-hydrogen) atoms. The Morgan fingerprint density at radius 1 is 1.57 bits per heavy atom. The Hall–Kier alpha value is -0.930. The Morgan fingerprint density at radius 2 is 2.29 bits per heavy atom. The molecular formula is C3H8N4. The zero-order valence-electron chi connectivity index (χ0n) is 4.42. The summed E-state index contributed by atoms with van der Waals surface area (Å²) in [5.74, 6) is 0. The van der Waals surface area contributed by atoms with Crippen LogP contribution in [0, 0.1) is 0 Å². The van der Waals surface area contributed by atoms with Crippen LogP contribution in [0.1, 0.15) is 6.92 Å². The summed E-state index contributed by atoms with van der Waals surface area (Å²) in [7, 11) is 1.57. The van der Waals surface area contributed by atoms with Crippen molar-refractivity contribution in [2.75, 3.05) is 7.05 Å². The van der Waals surface area contributed by atoms with Gasteiger partial charge in [-0.25, -0.2) is 0 Å². The van der Waals surface area contributed by atoms with Crippen molar-refractivity contribution in [1.29, 1.82) is 0 Å². The van der Waals surface area contributed by atoms with Crippen molar-refractivity contribution >= 4 is 6.21 Å². The van der Waals surface area contributed by atoms with E-state index in [0.29, 0.717) is 0 Å². The van der Waals surface area contributed by atoms with Gasteiger partial charge in [0.25, 0.3) is 0 Å². The van der Waals surface area contributed by atoms with Gasteiger partial charge >= 0.3 is 0 Å². The second-order valence-electron chi connectivity index (χ2n) is 0.787. The summed E-state index contributed by atoms with van der Waals surface area (Å²) < 4.78 is 0. The van der Waals surface area contributed by atoms with Gasteiger partial charge in [-0.2, -0.15) is 15.8 Å². The quantitative estimate of drug-likeness (QED) is 0.308. The highest BCUT2D eigenvalue weighted by atomic mass is 15.6. The molecule has 0 unspecified atom stereocenters. The predicted molar refractivity (Wildman–Crippen MR) is 28.1 cm³/mol. The van der Waals surface area contributed by atoms with Crippen LogP contribution in [0.2, 0.25) is 0 Å². The first kappa shape index (κ1) is 6.07. The molecule has 0 aliphatic carbocycles. The maximum Gasteiger partial charge on any atom is 0.0509 e. The third-order valence-electron chi connectivity index (χ3n) is 0.332. The predicted octanol–water partition coefficient (Wildman–Crippen LogP) is 0.579. The summed E-state index contributed by atoms with van der Waals surface area (Å²) >= 11 is 0. The summed E-state index contributed by atoms with van der Waals surface area (Å²) in [6.45, 7) is 1.79. The maximum absolute atomic E-state index is 3.53. The van der Waals surface area contributed by atoms with Crippen molar-refractivity contribution in [2.45, 2.75) is 6.92 Å². The first-order chi connectivity index (χ1) is 3.41. The number of nitrogens with zero attached hydrogens (tertiary/aromatic N) is 3. The normalized spacial score (nSPS) is 11.1. The Labute approximate surface area is 42.3 Å². The van der Waals surface area contributed by atoms with Gasteiger partial charge in [-0.1, -0.05) is 5.22 Å². The van der Waals surface area contributed by atoms with E-state index in [9.17, 15) is 0 Å². The second-order valence-corrected chi connectivity index (χ2v) is 0.787. The highest BCUT2D eigenvalue weighted by Crippen LogP contribution is 1.58. The lowest BCUT2D eigenvalue weighted by Gasteiger charge is -1.79. The number of hydrogen-bond acceptors (Lipinski definition) is 3. The molecule has 0 aromatic heterocycles. The molecule has 1 N–H and O–H groups in total. The molecule has 0 amide bonds. The van der Waals surface area contributed by atoms with E-state index in [1.807, 2.05) is 0 Å². The van der Waals surface area contributed by atoms with Gasteiger partial charge in [0.05, 0.1) is 7.05 Å². The molecule has 4 heteroatoms. The van der Waals surface area contributed by atoms with Crippen LogP contribution in [-0.4, -0.2) is 13.3 Å². The van der Waals surface area contributed by atoms with Crippen LogP contribution in [0.4, 0.5) is 0 Å². The Morgan fingerprint density at radius 3 is 2.71 bits per heavy atom. The second kappa shape index (κ2) is 5.07. The van der Waals surface area contributed by atoms with Crippen molar-refractivity contribution in [2.24, 2.45) is 15.4 Å². The minimum absolute atomic E-state index is 1.57. The Balaban J connectivity index is 2.98. The van der Waals surface area contributed by atoms with Crippen molar-refractivity contribution in [1.82, 2.24) is 5.53 Å². The molecule has 0 aliphatic heterocycles. The zero-order chi connectivity index (χ0) is 5.54. The number of hydrazone groups is 1. The average Bonchev–Trinajstić information content (AvgIpc) is 1.69. The molecule has 0 atom stereocenters. The van der Waals surface area contributed by atoms with E-state index < -0.39 is 0 Å². The lowest BCUT2D eigenvalue weighted by Crippen LogP contribution is -1.89. The van der Waals surface area contributed by atoms with Crippen LogP contribution in [0.5, 0.6) is 0 Å². The number of rotatable bonds is 2. The van der Waals surface area contributed by atoms with Crippen LogP contribution in [0.15, 0.2) is 15.4 Å². The molecule has 0 saturated heterocycles. The van der Waals surface area contributed by atoms with E-state index in [1.54, 1.807) is 20.2 Å². The molecule has 4 nitrogen and oxygen atoms in total. The highest BCUT2D eigenvalue weighted by molar-refractivity contribution is 5.52. The molecule has 0 aromatic carbocycles. The van der Waals surface area contributed by atoms with Crippen molar-refractivity contribution < 1.29 is 0 Å². The molecule has 40 valence electrons. The fourth-order valence-electron chi connectivity index (χ4n) is 0.128. The molecule has 0 spiro atoms. The largest absolute Gasteiger partial charge is 0.180 e. The highest BCUT2D eigenvalue weighted by Gasteiger charge is 1.56. The molecule has 0 rings (SSSR count). The van der Waals surface area contributed by atoms with Crippen LogP contribution in [-0.2, 0) is 0 Å². The fraction of sp³-hybridized carbons (Fsp3) is 0.667. The van der Waals surface area contributed by atoms with Gasteiger partial charge < -0.3 is 0 Å². The zero-order valence-corrected chi connectivity index (χ0v) is 4.42. The summed E-state index contributed by atoms with van der Waals surface area (Å²) in [4.78, 5) is 0. The first-order valence-corrected chi connectivity index (χ1v) is 1.93. The van der Waals surface area contributed by atoms with Gasteiger partial charge in [0.15, 0.2) is 0 Å².